The molecule has 6 heteroatoms. The monoisotopic (exact) mass is 343 g/mol. The van der Waals surface area contributed by atoms with Crippen LogP contribution in [0.5, 0.6) is 5.75 Å². The van der Waals surface area contributed by atoms with Crippen molar-refractivity contribution in [1.82, 2.24) is 5.16 Å². The van der Waals surface area contributed by atoms with Crippen molar-refractivity contribution in [3.05, 3.63) is 22.9 Å². The van der Waals surface area contributed by atoms with Crippen LogP contribution in [0.4, 0.5) is 13.2 Å². The van der Waals surface area contributed by atoms with Gasteiger partial charge >= 0.3 is 6.18 Å². The van der Waals surface area contributed by atoms with E-state index in [4.69, 9.17) is 9.26 Å². The molecule has 134 valence electrons. The Morgan fingerprint density at radius 3 is 2.21 bits per heavy atom. The lowest BCUT2D eigenvalue weighted by atomic mass is 9.97. The first-order valence-corrected chi connectivity index (χ1v) is 8.28. The maximum atomic E-state index is 13.2. The molecule has 3 nitrogen and oxygen atoms in total. The smallest absolute Gasteiger partial charge is 0.437 e. The molecule has 0 bridgehead atoms. The van der Waals surface area contributed by atoms with Gasteiger partial charge in [-0.2, -0.15) is 13.2 Å². The highest BCUT2D eigenvalue weighted by atomic mass is 19.4. The van der Waals surface area contributed by atoms with Crippen molar-refractivity contribution in [2.24, 2.45) is 0 Å². The summed E-state index contributed by atoms with van der Waals surface area (Å²) in [7, 11) is 0. The van der Waals surface area contributed by atoms with Gasteiger partial charge < -0.3 is 9.26 Å². The fraction of sp³-hybridized carbons (Fsp3) is 0.611. The summed E-state index contributed by atoms with van der Waals surface area (Å²) in [5.41, 5.74) is 0.220. The number of hydrogen-bond donors (Lipinski definition) is 0. The third-order valence-electron chi connectivity index (χ3n) is 3.58. The molecule has 0 aliphatic heterocycles. The van der Waals surface area contributed by atoms with Crippen LogP contribution in [0.25, 0.3) is 11.0 Å². The van der Waals surface area contributed by atoms with Crippen LogP contribution < -0.4 is 4.74 Å². The molecule has 0 spiro atoms. The Kier molecular flexibility index (Phi) is 5.16. The summed E-state index contributed by atoms with van der Waals surface area (Å²) in [4.78, 5) is 0. The van der Waals surface area contributed by atoms with Crippen LogP contribution >= 0.6 is 0 Å². The van der Waals surface area contributed by atoms with E-state index < -0.39 is 17.5 Å². The molecule has 1 aromatic carbocycles. The molecule has 2 rings (SSSR count). The van der Waals surface area contributed by atoms with Crippen molar-refractivity contribution in [3.63, 3.8) is 0 Å². The van der Waals surface area contributed by atoms with Gasteiger partial charge in [0.2, 0.25) is 0 Å². The quantitative estimate of drug-likeness (QED) is 0.675. The van der Waals surface area contributed by atoms with E-state index in [-0.39, 0.29) is 11.0 Å². The molecule has 0 amide bonds. The first kappa shape index (κ1) is 18.6. The van der Waals surface area contributed by atoms with Gasteiger partial charge in [-0.3, -0.25) is 0 Å². The highest BCUT2D eigenvalue weighted by molar-refractivity contribution is 5.86. The molecule has 2 aromatic rings. The van der Waals surface area contributed by atoms with Crippen molar-refractivity contribution in [2.75, 3.05) is 0 Å². The van der Waals surface area contributed by atoms with Gasteiger partial charge in [-0.25, -0.2) is 0 Å². The molecule has 0 radical (unpaired) electrons. The van der Waals surface area contributed by atoms with E-state index in [0.29, 0.717) is 24.2 Å². The normalized spacial score (nSPS) is 12.8. The molecule has 0 aliphatic carbocycles. The Morgan fingerprint density at radius 2 is 1.71 bits per heavy atom. The molecule has 0 atom stereocenters. The lowest BCUT2D eigenvalue weighted by Gasteiger charge is -2.25. The molecular weight excluding hydrogens is 319 g/mol. The molecule has 0 aliphatic rings. The molecule has 1 aromatic heterocycles. The van der Waals surface area contributed by atoms with Crippen LogP contribution in [-0.4, -0.2) is 10.8 Å². The lowest BCUT2D eigenvalue weighted by Crippen LogP contribution is -2.24. The van der Waals surface area contributed by atoms with Gasteiger partial charge in [0, 0.05) is 5.56 Å². The average molecular weight is 343 g/mol. The molecule has 0 fully saturated rings. The van der Waals surface area contributed by atoms with Gasteiger partial charge in [-0.05, 0) is 45.2 Å². The zero-order valence-corrected chi connectivity index (χ0v) is 14.8. The fourth-order valence-corrected chi connectivity index (χ4v) is 2.76. The number of hydrogen-bond acceptors (Lipinski definition) is 3. The van der Waals surface area contributed by atoms with E-state index >= 15 is 0 Å². The van der Waals surface area contributed by atoms with E-state index in [1.807, 2.05) is 34.6 Å². The number of alkyl halides is 3. The summed E-state index contributed by atoms with van der Waals surface area (Å²) in [5, 5.41) is 3.32. The van der Waals surface area contributed by atoms with Gasteiger partial charge in [0.05, 0.1) is 5.39 Å². The number of ether oxygens (including phenoxy) is 1. The lowest BCUT2D eigenvalue weighted by molar-refractivity contribution is -0.141. The predicted octanol–water partition coefficient (Wildman–Crippen LogP) is 5.93. The van der Waals surface area contributed by atoms with Crippen LogP contribution in [0, 0.1) is 0 Å². The fourth-order valence-electron chi connectivity index (χ4n) is 2.76. The molecule has 0 unspecified atom stereocenters. The van der Waals surface area contributed by atoms with Crippen molar-refractivity contribution < 1.29 is 22.4 Å². The van der Waals surface area contributed by atoms with Crippen molar-refractivity contribution in [2.45, 2.75) is 72.1 Å². The van der Waals surface area contributed by atoms with Crippen LogP contribution in [0.1, 0.15) is 64.3 Å². The molecule has 24 heavy (non-hydrogen) atoms. The highest BCUT2D eigenvalue weighted by Gasteiger charge is 2.38. The second-order valence-corrected chi connectivity index (χ2v) is 6.96. The van der Waals surface area contributed by atoms with Crippen LogP contribution in [0.15, 0.2) is 10.6 Å². The molecular formula is C18H24F3NO2. The first-order valence-electron chi connectivity index (χ1n) is 8.28. The summed E-state index contributed by atoms with van der Waals surface area (Å²) in [6.45, 7) is 9.72. The van der Waals surface area contributed by atoms with E-state index in [9.17, 15) is 13.2 Å². The minimum atomic E-state index is -4.54. The van der Waals surface area contributed by atoms with Gasteiger partial charge in [-0.15, -0.1) is 0 Å². The summed E-state index contributed by atoms with van der Waals surface area (Å²) < 4.78 is 50.8. The number of benzene rings is 1. The summed E-state index contributed by atoms with van der Waals surface area (Å²) >= 11 is 0. The SMILES string of the molecule is CCCc1cc2c(C(F)(F)F)noc2c(CCC)c1OC(C)(C)C. The predicted molar refractivity (Wildman–Crippen MR) is 87.4 cm³/mol. The minimum Gasteiger partial charge on any atom is -0.487 e. The maximum absolute atomic E-state index is 13.2. The second kappa shape index (κ2) is 6.65. The van der Waals surface area contributed by atoms with Crippen LogP contribution in [0.3, 0.4) is 0 Å². The van der Waals surface area contributed by atoms with E-state index in [1.165, 1.54) is 6.07 Å². The Hall–Kier alpha value is -1.72. The van der Waals surface area contributed by atoms with Crippen LogP contribution in [-0.2, 0) is 19.0 Å². The molecule has 0 saturated heterocycles. The summed E-state index contributed by atoms with van der Waals surface area (Å²) in [6, 6.07) is 1.53. The number of aryl methyl sites for hydroxylation is 2. The Morgan fingerprint density at radius 1 is 1.08 bits per heavy atom. The summed E-state index contributed by atoms with van der Waals surface area (Å²) in [5.74, 6) is 0.642. The number of nitrogens with zero attached hydrogens (tertiary/aromatic N) is 1. The van der Waals surface area contributed by atoms with Crippen molar-refractivity contribution >= 4 is 11.0 Å². The zero-order chi connectivity index (χ0) is 18.1. The third-order valence-corrected chi connectivity index (χ3v) is 3.58. The van der Waals surface area contributed by atoms with E-state index in [2.05, 4.69) is 5.16 Å². The number of rotatable bonds is 5. The number of fused-ring (bicyclic) bond motifs is 1. The standard InChI is InChI=1S/C18H24F3NO2/c1-6-8-11-10-13-15(24-22-16(13)18(19,20)21)12(9-7-2)14(11)23-17(3,4)5/h10H,6-9H2,1-5H3. The van der Waals surface area contributed by atoms with Gasteiger partial charge in [0.1, 0.15) is 11.4 Å². The Bertz CT molecular complexity index is 712. The number of aromatic nitrogens is 1. The molecule has 1 heterocycles. The van der Waals surface area contributed by atoms with Crippen LogP contribution in [0.2, 0.25) is 0 Å². The first-order chi connectivity index (χ1) is 11.1. The average Bonchev–Trinajstić information content (AvgIpc) is 2.85. The van der Waals surface area contributed by atoms with Crippen molar-refractivity contribution in [1.29, 1.82) is 0 Å². The van der Waals surface area contributed by atoms with Gasteiger partial charge in [0.15, 0.2) is 11.3 Å². The zero-order valence-electron chi connectivity index (χ0n) is 14.8. The molecule has 0 N–H and O–H groups in total. The highest BCUT2D eigenvalue weighted by Crippen LogP contribution is 2.41. The second-order valence-electron chi connectivity index (χ2n) is 6.96. The van der Waals surface area contributed by atoms with E-state index in [0.717, 1.165) is 18.4 Å². The Labute approximate surface area is 140 Å². The Balaban J connectivity index is 2.78. The number of halogens is 3. The van der Waals surface area contributed by atoms with Crippen molar-refractivity contribution in [3.8, 4) is 5.75 Å². The third kappa shape index (κ3) is 3.84. The summed E-state index contributed by atoms with van der Waals surface area (Å²) in [6.07, 6.45) is -1.74. The minimum absolute atomic E-state index is 0.0238. The largest absolute Gasteiger partial charge is 0.487 e. The maximum Gasteiger partial charge on any atom is 0.437 e. The van der Waals surface area contributed by atoms with Gasteiger partial charge in [0.25, 0.3) is 0 Å². The van der Waals surface area contributed by atoms with Gasteiger partial charge in [-0.1, -0.05) is 31.8 Å². The topological polar surface area (TPSA) is 35.3 Å². The van der Waals surface area contributed by atoms with E-state index in [1.54, 1.807) is 0 Å². The molecule has 0 saturated carbocycles.